The number of fused-ring (bicyclic) bond motifs is 1. The molecule has 0 bridgehead atoms. The molecule has 134 valence electrons. The van der Waals surface area contributed by atoms with Crippen LogP contribution in [0.4, 0.5) is 4.79 Å². The number of urea groups is 1. The van der Waals surface area contributed by atoms with Gasteiger partial charge < -0.3 is 19.9 Å². The maximum absolute atomic E-state index is 12.8. The molecule has 3 amide bonds. The number of hydrogen-bond donors (Lipinski definition) is 1. The summed E-state index contributed by atoms with van der Waals surface area (Å²) in [5, 5.41) is 3.03. The van der Waals surface area contributed by atoms with Gasteiger partial charge in [0.25, 0.3) is 0 Å². The Bertz CT molecular complexity index is 636. The van der Waals surface area contributed by atoms with Crippen molar-refractivity contribution in [2.75, 3.05) is 32.8 Å². The zero-order valence-electron chi connectivity index (χ0n) is 14.4. The Kier molecular flexibility index (Phi) is 4.61. The van der Waals surface area contributed by atoms with Gasteiger partial charge in [0, 0.05) is 19.0 Å². The first-order chi connectivity index (χ1) is 12.2. The molecule has 3 aliphatic rings. The fourth-order valence-electron chi connectivity index (χ4n) is 4.25. The minimum absolute atomic E-state index is 0.0302. The molecule has 6 nitrogen and oxygen atoms in total. The van der Waals surface area contributed by atoms with Crippen LogP contribution < -0.4 is 5.32 Å². The summed E-state index contributed by atoms with van der Waals surface area (Å²) in [6.07, 6.45) is 2.98. The summed E-state index contributed by atoms with van der Waals surface area (Å²) >= 11 is 0. The molecule has 3 fully saturated rings. The molecule has 1 aromatic rings. The second-order valence-electron chi connectivity index (χ2n) is 7.22. The topological polar surface area (TPSA) is 61.9 Å². The van der Waals surface area contributed by atoms with Gasteiger partial charge in [-0.15, -0.1) is 0 Å². The van der Waals surface area contributed by atoms with Crippen LogP contribution >= 0.6 is 0 Å². The van der Waals surface area contributed by atoms with Crippen molar-refractivity contribution in [3.8, 4) is 0 Å². The number of rotatable bonds is 3. The molecule has 1 N–H and O–H groups in total. The van der Waals surface area contributed by atoms with Gasteiger partial charge in [-0.2, -0.15) is 0 Å². The van der Waals surface area contributed by atoms with E-state index in [-0.39, 0.29) is 30.6 Å². The summed E-state index contributed by atoms with van der Waals surface area (Å²) in [5.74, 6) is 0.517. The van der Waals surface area contributed by atoms with Crippen molar-refractivity contribution >= 4 is 11.9 Å². The zero-order valence-corrected chi connectivity index (χ0v) is 14.4. The summed E-state index contributed by atoms with van der Waals surface area (Å²) in [7, 11) is 0. The van der Waals surface area contributed by atoms with E-state index in [0.29, 0.717) is 19.1 Å². The number of nitrogens with one attached hydrogen (secondary N) is 1. The van der Waals surface area contributed by atoms with E-state index in [2.05, 4.69) is 5.32 Å². The molecule has 3 atom stereocenters. The molecular weight excluding hydrogens is 318 g/mol. The highest BCUT2D eigenvalue weighted by molar-refractivity contribution is 5.85. The van der Waals surface area contributed by atoms with Crippen LogP contribution in [0.3, 0.4) is 0 Å². The molecular formula is C19H25N3O3. The van der Waals surface area contributed by atoms with Crippen molar-refractivity contribution in [2.24, 2.45) is 5.92 Å². The summed E-state index contributed by atoms with van der Waals surface area (Å²) in [6, 6.07) is 10.1. The van der Waals surface area contributed by atoms with E-state index < -0.39 is 0 Å². The number of hydrogen-bond acceptors (Lipinski definition) is 3. The minimum Gasteiger partial charge on any atom is -0.379 e. The van der Waals surface area contributed by atoms with Gasteiger partial charge in [-0.1, -0.05) is 30.3 Å². The Labute approximate surface area is 148 Å². The smallest absolute Gasteiger partial charge is 0.318 e. The Morgan fingerprint density at radius 1 is 1.16 bits per heavy atom. The highest BCUT2D eigenvalue weighted by Crippen LogP contribution is 2.29. The fourth-order valence-corrected chi connectivity index (χ4v) is 4.25. The quantitative estimate of drug-likeness (QED) is 0.910. The van der Waals surface area contributed by atoms with E-state index in [1.54, 1.807) is 4.90 Å². The Balaban J connectivity index is 1.35. The van der Waals surface area contributed by atoms with Crippen molar-refractivity contribution in [1.29, 1.82) is 0 Å². The van der Waals surface area contributed by atoms with E-state index >= 15 is 0 Å². The number of piperidine rings is 1. The molecule has 0 spiro atoms. The highest BCUT2D eigenvalue weighted by Gasteiger charge is 2.39. The number of likely N-dealkylation sites (tertiary alicyclic amines) is 1. The van der Waals surface area contributed by atoms with Gasteiger partial charge in [-0.3, -0.25) is 4.79 Å². The molecule has 3 saturated heterocycles. The van der Waals surface area contributed by atoms with Crippen LogP contribution in [0.15, 0.2) is 30.3 Å². The summed E-state index contributed by atoms with van der Waals surface area (Å²) in [5.41, 5.74) is 1.11. The second-order valence-corrected chi connectivity index (χ2v) is 7.22. The van der Waals surface area contributed by atoms with Gasteiger partial charge in [-0.05, 0) is 24.8 Å². The largest absolute Gasteiger partial charge is 0.379 e. The van der Waals surface area contributed by atoms with E-state index in [1.807, 2.05) is 35.2 Å². The number of nitrogens with zero attached hydrogens (tertiary/aromatic N) is 2. The number of benzene rings is 1. The Hall–Kier alpha value is -2.08. The predicted octanol–water partition coefficient (Wildman–Crippen LogP) is 1.78. The van der Waals surface area contributed by atoms with Gasteiger partial charge >= 0.3 is 6.03 Å². The molecule has 0 saturated carbocycles. The standard InChI is InChI=1S/C19H25N3O3/c23-18(22-9-4-7-15-12-25-13-17(15)22)11-21-10-8-16(20-19(21)24)14-5-2-1-3-6-14/h1-3,5-6,15-17H,4,7-13H2,(H,20,24)/t15-,16?,17+/m1/s1. The Morgan fingerprint density at radius 3 is 2.80 bits per heavy atom. The molecule has 3 heterocycles. The normalized spacial score (nSPS) is 29.3. The number of carbonyl (C=O) groups excluding carboxylic acids is 2. The van der Waals surface area contributed by atoms with Crippen LogP contribution in [-0.2, 0) is 9.53 Å². The van der Waals surface area contributed by atoms with E-state index in [0.717, 1.165) is 38.0 Å². The zero-order chi connectivity index (χ0) is 17.2. The maximum atomic E-state index is 12.8. The SMILES string of the molecule is O=C1NC(c2ccccc2)CCN1CC(=O)N1CCC[C@@H]2COC[C@@H]21. The van der Waals surface area contributed by atoms with Gasteiger partial charge in [0.15, 0.2) is 0 Å². The summed E-state index contributed by atoms with van der Waals surface area (Å²) in [6.45, 7) is 2.95. The minimum atomic E-state index is -0.148. The predicted molar refractivity (Wildman–Crippen MR) is 92.9 cm³/mol. The van der Waals surface area contributed by atoms with Crippen LogP contribution in [0.1, 0.15) is 30.9 Å². The molecule has 4 rings (SSSR count). The van der Waals surface area contributed by atoms with Crippen LogP contribution in [-0.4, -0.2) is 60.6 Å². The third-order valence-corrected chi connectivity index (χ3v) is 5.66. The first kappa shape index (κ1) is 16.4. The molecule has 1 unspecified atom stereocenters. The van der Waals surface area contributed by atoms with Crippen LogP contribution in [0.25, 0.3) is 0 Å². The molecule has 6 heteroatoms. The van der Waals surface area contributed by atoms with E-state index in [4.69, 9.17) is 4.74 Å². The monoisotopic (exact) mass is 343 g/mol. The lowest BCUT2D eigenvalue weighted by atomic mass is 9.92. The maximum Gasteiger partial charge on any atom is 0.318 e. The molecule has 0 radical (unpaired) electrons. The van der Waals surface area contributed by atoms with Crippen LogP contribution in [0.2, 0.25) is 0 Å². The fraction of sp³-hybridized carbons (Fsp3) is 0.579. The first-order valence-corrected chi connectivity index (χ1v) is 9.20. The first-order valence-electron chi connectivity index (χ1n) is 9.20. The molecule has 1 aromatic carbocycles. The molecule has 3 aliphatic heterocycles. The third kappa shape index (κ3) is 3.35. The van der Waals surface area contributed by atoms with Crippen molar-refractivity contribution in [3.05, 3.63) is 35.9 Å². The number of ether oxygens (including phenoxy) is 1. The Morgan fingerprint density at radius 2 is 2.00 bits per heavy atom. The van der Waals surface area contributed by atoms with Gasteiger partial charge in [0.2, 0.25) is 5.91 Å². The average molecular weight is 343 g/mol. The number of amides is 3. The molecule has 0 aromatic heterocycles. The van der Waals surface area contributed by atoms with Crippen molar-refractivity contribution in [1.82, 2.24) is 15.1 Å². The van der Waals surface area contributed by atoms with Crippen LogP contribution in [0, 0.1) is 5.92 Å². The van der Waals surface area contributed by atoms with E-state index in [9.17, 15) is 9.59 Å². The van der Waals surface area contributed by atoms with Gasteiger partial charge in [0.05, 0.1) is 25.3 Å². The lowest BCUT2D eigenvalue weighted by Gasteiger charge is -2.39. The lowest BCUT2D eigenvalue weighted by Crippen LogP contribution is -2.55. The van der Waals surface area contributed by atoms with Crippen molar-refractivity contribution in [2.45, 2.75) is 31.3 Å². The van der Waals surface area contributed by atoms with Gasteiger partial charge in [0.1, 0.15) is 6.54 Å². The molecule has 25 heavy (non-hydrogen) atoms. The van der Waals surface area contributed by atoms with Crippen molar-refractivity contribution < 1.29 is 14.3 Å². The van der Waals surface area contributed by atoms with Crippen molar-refractivity contribution in [3.63, 3.8) is 0 Å². The van der Waals surface area contributed by atoms with E-state index in [1.165, 1.54) is 0 Å². The highest BCUT2D eigenvalue weighted by atomic mass is 16.5. The summed E-state index contributed by atoms with van der Waals surface area (Å²) < 4.78 is 5.56. The van der Waals surface area contributed by atoms with Gasteiger partial charge in [-0.25, -0.2) is 4.79 Å². The summed E-state index contributed by atoms with van der Waals surface area (Å²) in [4.78, 5) is 28.8. The second kappa shape index (κ2) is 7.04. The lowest BCUT2D eigenvalue weighted by molar-refractivity contribution is -0.136. The third-order valence-electron chi connectivity index (χ3n) is 5.66. The van der Waals surface area contributed by atoms with Crippen LogP contribution in [0.5, 0.6) is 0 Å². The number of carbonyl (C=O) groups is 2. The average Bonchev–Trinajstić information content (AvgIpc) is 3.12. The molecule has 0 aliphatic carbocycles.